The summed E-state index contributed by atoms with van der Waals surface area (Å²) in [6.45, 7) is 12.3. The first kappa shape index (κ1) is 17.1. The average Bonchev–Trinajstić information content (AvgIpc) is 2.49. The molecule has 0 radical (unpaired) electrons. The van der Waals surface area contributed by atoms with Gasteiger partial charge in [0, 0.05) is 6.54 Å². The van der Waals surface area contributed by atoms with Gasteiger partial charge in [0.25, 0.3) is 0 Å². The SMILES string of the molecule is C=CC(=O)NCCCCOc1c(C)c(C)c(O)c(C)c1C. The summed E-state index contributed by atoms with van der Waals surface area (Å²) in [5.41, 5.74) is 3.70. The Morgan fingerprint density at radius 2 is 1.71 bits per heavy atom. The summed E-state index contributed by atoms with van der Waals surface area (Å²) in [4.78, 5) is 11.0. The number of aromatic hydroxyl groups is 1. The third-order valence-electron chi connectivity index (χ3n) is 3.82. The van der Waals surface area contributed by atoms with Crippen LogP contribution in [0.1, 0.15) is 35.1 Å². The number of phenolic OH excluding ortho intramolecular Hbond substituents is 1. The Labute approximate surface area is 126 Å². The molecule has 0 aliphatic carbocycles. The van der Waals surface area contributed by atoms with Crippen molar-refractivity contribution in [3.8, 4) is 11.5 Å². The molecule has 21 heavy (non-hydrogen) atoms. The molecule has 0 aromatic heterocycles. The summed E-state index contributed by atoms with van der Waals surface area (Å²) in [6, 6.07) is 0. The second kappa shape index (κ2) is 7.72. The zero-order valence-corrected chi connectivity index (χ0v) is 13.4. The molecular formula is C17H25NO3. The maximum atomic E-state index is 11.0. The quantitative estimate of drug-likeness (QED) is 0.599. The zero-order chi connectivity index (χ0) is 16.0. The summed E-state index contributed by atoms with van der Waals surface area (Å²) < 4.78 is 5.87. The summed E-state index contributed by atoms with van der Waals surface area (Å²) >= 11 is 0. The van der Waals surface area contributed by atoms with E-state index in [-0.39, 0.29) is 5.91 Å². The third-order valence-corrected chi connectivity index (χ3v) is 3.82. The van der Waals surface area contributed by atoms with E-state index < -0.39 is 0 Å². The lowest BCUT2D eigenvalue weighted by molar-refractivity contribution is -0.116. The molecule has 0 unspecified atom stereocenters. The maximum Gasteiger partial charge on any atom is 0.243 e. The number of benzene rings is 1. The predicted octanol–water partition coefficient (Wildman–Crippen LogP) is 3.09. The Kier molecular flexibility index (Phi) is 6.28. The van der Waals surface area contributed by atoms with E-state index in [9.17, 15) is 9.90 Å². The van der Waals surface area contributed by atoms with Crippen LogP contribution >= 0.6 is 0 Å². The minimum atomic E-state index is -0.146. The van der Waals surface area contributed by atoms with Gasteiger partial charge in [0.15, 0.2) is 0 Å². The van der Waals surface area contributed by atoms with Crippen LogP contribution in [0.2, 0.25) is 0 Å². The lowest BCUT2D eigenvalue weighted by atomic mass is 9.98. The van der Waals surface area contributed by atoms with Gasteiger partial charge < -0.3 is 15.2 Å². The number of carbonyl (C=O) groups excluding carboxylic acids is 1. The molecule has 1 rings (SSSR count). The lowest BCUT2D eigenvalue weighted by Crippen LogP contribution is -2.22. The smallest absolute Gasteiger partial charge is 0.243 e. The van der Waals surface area contributed by atoms with Crippen LogP contribution in [-0.4, -0.2) is 24.2 Å². The Bertz CT molecular complexity index is 506. The molecule has 116 valence electrons. The maximum absolute atomic E-state index is 11.0. The molecule has 0 atom stereocenters. The van der Waals surface area contributed by atoms with Gasteiger partial charge in [0.1, 0.15) is 11.5 Å². The van der Waals surface area contributed by atoms with Crippen molar-refractivity contribution < 1.29 is 14.6 Å². The van der Waals surface area contributed by atoms with E-state index in [1.807, 2.05) is 27.7 Å². The molecule has 0 fully saturated rings. The fourth-order valence-corrected chi connectivity index (χ4v) is 2.16. The molecule has 1 amide bonds. The van der Waals surface area contributed by atoms with Crippen LogP contribution in [0.15, 0.2) is 12.7 Å². The van der Waals surface area contributed by atoms with Crippen LogP contribution < -0.4 is 10.1 Å². The molecular weight excluding hydrogens is 266 g/mol. The number of unbranched alkanes of at least 4 members (excludes halogenated alkanes) is 1. The lowest BCUT2D eigenvalue weighted by Gasteiger charge is -2.18. The van der Waals surface area contributed by atoms with Crippen molar-refractivity contribution in [2.45, 2.75) is 40.5 Å². The highest BCUT2D eigenvalue weighted by molar-refractivity contribution is 5.86. The second-order valence-corrected chi connectivity index (χ2v) is 5.23. The Balaban J connectivity index is 2.53. The Morgan fingerprint density at radius 1 is 1.14 bits per heavy atom. The Hall–Kier alpha value is -1.97. The normalized spacial score (nSPS) is 10.3. The number of amides is 1. The number of hydrogen-bond acceptors (Lipinski definition) is 3. The van der Waals surface area contributed by atoms with E-state index in [4.69, 9.17) is 4.74 Å². The van der Waals surface area contributed by atoms with Crippen LogP contribution in [0.5, 0.6) is 11.5 Å². The van der Waals surface area contributed by atoms with E-state index in [1.54, 1.807) is 0 Å². The Morgan fingerprint density at radius 3 is 2.24 bits per heavy atom. The van der Waals surface area contributed by atoms with Crippen molar-refractivity contribution in [3.63, 3.8) is 0 Å². The van der Waals surface area contributed by atoms with Gasteiger partial charge in [0.2, 0.25) is 5.91 Å². The van der Waals surface area contributed by atoms with Gasteiger partial charge in [-0.1, -0.05) is 6.58 Å². The summed E-state index contributed by atoms with van der Waals surface area (Å²) in [5.74, 6) is 1.06. The van der Waals surface area contributed by atoms with E-state index in [0.29, 0.717) is 18.9 Å². The van der Waals surface area contributed by atoms with Crippen molar-refractivity contribution in [1.82, 2.24) is 5.32 Å². The van der Waals surface area contributed by atoms with Crippen molar-refractivity contribution in [2.75, 3.05) is 13.2 Å². The minimum absolute atomic E-state index is 0.146. The molecule has 2 N–H and O–H groups in total. The average molecular weight is 291 g/mol. The first-order chi connectivity index (χ1) is 9.90. The first-order valence-electron chi connectivity index (χ1n) is 7.22. The zero-order valence-electron chi connectivity index (χ0n) is 13.4. The van der Waals surface area contributed by atoms with Gasteiger partial charge in [-0.2, -0.15) is 0 Å². The summed E-state index contributed by atoms with van der Waals surface area (Å²) in [7, 11) is 0. The molecule has 0 heterocycles. The highest BCUT2D eigenvalue weighted by Gasteiger charge is 2.14. The van der Waals surface area contributed by atoms with Crippen LogP contribution in [0.3, 0.4) is 0 Å². The van der Waals surface area contributed by atoms with Gasteiger partial charge in [-0.05, 0) is 68.9 Å². The van der Waals surface area contributed by atoms with Crippen molar-refractivity contribution in [1.29, 1.82) is 0 Å². The van der Waals surface area contributed by atoms with E-state index in [1.165, 1.54) is 6.08 Å². The minimum Gasteiger partial charge on any atom is -0.507 e. The molecule has 0 aliphatic rings. The number of nitrogens with one attached hydrogen (secondary N) is 1. The van der Waals surface area contributed by atoms with Crippen LogP contribution in [-0.2, 0) is 4.79 Å². The van der Waals surface area contributed by atoms with Crippen molar-refractivity contribution >= 4 is 5.91 Å². The van der Waals surface area contributed by atoms with Gasteiger partial charge in [-0.3, -0.25) is 4.79 Å². The van der Waals surface area contributed by atoms with Gasteiger partial charge >= 0.3 is 0 Å². The van der Waals surface area contributed by atoms with E-state index >= 15 is 0 Å². The van der Waals surface area contributed by atoms with Gasteiger partial charge in [0.05, 0.1) is 6.61 Å². The molecule has 0 aliphatic heterocycles. The molecule has 0 saturated carbocycles. The fraction of sp³-hybridized carbons (Fsp3) is 0.471. The van der Waals surface area contributed by atoms with Crippen LogP contribution in [0.25, 0.3) is 0 Å². The third kappa shape index (κ3) is 4.25. The number of carbonyl (C=O) groups is 1. The highest BCUT2D eigenvalue weighted by Crippen LogP contribution is 2.36. The van der Waals surface area contributed by atoms with Crippen LogP contribution in [0.4, 0.5) is 0 Å². The number of phenols is 1. The molecule has 0 spiro atoms. The van der Waals surface area contributed by atoms with E-state index in [2.05, 4.69) is 11.9 Å². The number of ether oxygens (including phenoxy) is 1. The van der Waals surface area contributed by atoms with Crippen molar-refractivity contribution in [2.24, 2.45) is 0 Å². The predicted molar refractivity (Wildman–Crippen MR) is 85.0 cm³/mol. The second-order valence-electron chi connectivity index (χ2n) is 5.23. The highest BCUT2D eigenvalue weighted by atomic mass is 16.5. The summed E-state index contributed by atoms with van der Waals surface area (Å²) in [6.07, 6.45) is 2.98. The van der Waals surface area contributed by atoms with E-state index in [0.717, 1.165) is 40.8 Å². The number of rotatable bonds is 7. The number of hydrogen-bond donors (Lipinski definition) is 2. The topological polar surface area (TPSA) is 58.6 Å². The largest absolute Gasteiger partial charge is 0.507 e. The monoisotopic (exact) mass is 291 g/mol. The van der Waals surface area contributed by atoms with Gasteiger partial charge in [-0.15, -0.1) is 0 Å². The molecule has 1 aromatic rings. The van der Waals surface area contributed by atoms with Crippen LogP contribution in [0, 0.1) is 27.7 Å². The molecule has 0 bridgehead atoms. The van der Waals surface area contributed by atoms with Crippen molar-refractivity contribution in [3.05, 3.63) is 34.9 Å². The molecule has 4 nitrogen and oxygen atoms in total. The fourth-order valence-electron chi connectivity index (χ4n) is 2.16. The standard InChI is InChI=1S/C17H25NO3/c1-6-15(19)18-9-7-8-10-21-17-13(4)11(2)16(20)12(3)14(17)5/h6,20H,1,7-10H2,2-5H3,(H,18,19). The first-order valence-corrected chi connectivity index (χ1v) is 7.22. The molecule has 0 saturated heterocycles. The van der Waals surface area contributed by atoms with Gasteiger partial charge in [-0.25, -0.2) is 0 Å². The molecule has 4 heteroatoms. The summed E-state index contributed by atoms with van der Waals surface area (Å²) in [5, 5.41) is 12.7. The molecule has 1 aromatic carbocycles.